The molecule has 9 heavy (non-hydrogen) atoms. The van der Waals surface area contributed by atoms with Crippen molar-refractivity contribution in [3.8, 4) is 0 Å². The average molecular weight is 180 g/mol. The summed E-state index contributed by atoms with van der Waals surface area (Å²) in [6.07, 6.45) is 0.00347. The van der Waals surface area contributed by atoms with E-state index in [-0.39, 0.29) is 37.8 Å². The Morgan fingerprint density at radius 3 is 1.78 bits per heavy atom. The first-order valence-corrected chi connectivity index (χ1v) is 2.24. The van der Waals surface area contributed by atoms with E-state index < -0.39 is 11.8 Å². The molecule has 5 heteroatoms. The third kappa shape index (κ3) is 2.65. The van der Waals surface area contributed by atoms with Gasteiger partial charge in [-0.25, -0.2) is 8.78 Å². The molecule has 1 aliphatic carbocycles. The monoisotopic (exact) mass is 179 g/mol. The second kappa shape index (κ2) is 3.54. The molecule has 58 valence electrons. The number of rotatable bonds is 1. The van der Waals surface area contributed by atoms with E-state index in [0.717, 1.165) is 0 Å². The Bertz CT molecular complexity index is 88.6. The van der Waals surface area contributed by atoms with Gasteiger partial charge in [0.1, 0.15) is 0 Å². The van der Waals surface area contributed by atoms with Crippen molar-refractivity contribution in [2.24, 2.45) is 11.7 Å². The third-order valence-electron chi connectivity index (χ3n) is 1.24. The highest BCUT2D eigenvalue weighted by Gasteiger charge is 2.55. The molecule has 0 radical (unpaired) electrons. The van der Waals surface area contributed by atoms with E-state index in [0.29, 0.717) is 0 Å². The lowest BCUT2D eigenvalue weighted by Crippen LogP contribution is -2.06. The lowest BCUT2D eigenvalue weighted by Gasteiger charge is -1.87. The first-order valence-electron chi connectivity index (χ1n) is 2.24. The molecule has 1 aliphatic rings. The summed E-state index contributed by atoms with van der Waals surface area (Å²) in [4.78, 5) is 0. The van der Waals surface area contributed by atoms with Gasteiger partial charge >= 0.3 is 0 Å². The Morgan fingerprint density at radius 2 is 1.78 bits per heavy atom. The summed E-state index contributed by atoms with van der Waals surface area (Å²) in [5, 5.41) is 0. The van der Waals surface area contributed by atoms with Crippen LogP contribution in [0.5, 0.6) is 0 Å². The molecule has 0 aromatic rings. The van der Waals surface area contributed by atoms with Crippen LogP contribution in [0, 0.1) is 5.92 Å². The maximum atomic E-state index is 11.7. The molecular formula is C4H9Cl2F2N. The van der Waals surface area contributed by atoms with E-state index in [1.807, 2.05) is 0 Å². The molecule has 0 heterocycles. The van der Waals surface area contributed by atoms with Gasteiger partial charge < -0.3 is 5.73 Å². The minimum Gasteiger partial charge on any atom is -0.330 e. The first kappa shape index (κ1) is 12.1. The van der Waals surface area contributed by atoms with Crippen molar-refractivity contribution in [1.82, 2.24) is 0 Å². The number of alkyl halides is 2. The van der Waals surface area contributed by atoms with E-state index in [1.54, 1.807) is 0 Å². The minimum atomic E-state index is -2.41. The zero-order valence-electron chi connectivity index (χ0n) is 4.64. The quantitative estimate of drug-likeness (QED) is 0.649. The van der Waals surface area contributed by atoms with Crippen molar-refractivity contribution in [3.63, 3.8) is 0 Å². The number of halogens is 4. The molecule has 0 aromatic carbocycles. The molecule has 0 amide bonds. The molecule has 1 saturated carbocycles. The van der Waals surface area contributed by atoms with E-state index in [4.69, 9.17) is 5.73 Å². The van der Waals surface area contributed by atoms with Crippen LogP contribution in [-0.2, 0) is 0 Å². The fraction of sp³-hybridized carbons (Fsp3) is 1.00. The second-order valence-corrected chi connectivity index (χ2v) is 1.90. The van der Waals surface area contributed by atoms with Gasteiger partial charge in [0.25, 0.3) is 5.92 Å². The zero-order chi connectivity index (χ0) is 5.49. The normalized spacial score (nSPS) is 27.7. The fourth-order valence-electron chi connectivity index (χ4n) is 0.525. The van der Waals surface area contributed by atoms with Crippen molar-refractivity contribution in [2.75, 3.05) is 6.54 Å². The van der Waals surface area contributed by atoms with Crippen molar-refractivity contribution in [1.29, 1.82) is 0 Å². The Balaban J connectivity index is 0. The molecule has 1 unspecified atom stereocenters. The smallest absolute Gasteiger partial charge is 0.252 e. The highest BCUT2D eigenvalue weighted by molar-refractivity contribution is 5.85. The van der Waals surface area contributed by atoms with Gasteiger partial charge in [-0.2, -0.15) is 0 Å². The Kier molecular flexibility index (Phi) is 4.76. The molecule has 1 nitrogen and oxygen atoms in total. The standard InChI is InChI=1S/C4H7F2N.2ClH/c5-4(6)1-3(4)2-7;;/h3H,1-2,7H2;2*1H. The lowest BCUT2D eigenvalue weighted by atomic mass is 10.4. The van der Waals surface area contributed by atoms with Crippen LogP contribution in [0.25, 0.3) is 0 Å². The number of hydrogen-bond acceptors (Lipinski definition) is 1. The molecule has 0 spiro atoms. The summed E-state index contributed by atoms with van der Waals surface area (Å²) in [6.45, 7) is 0.132. The summed E-state index contributed by atoms with van der Waals surface area (Å²) in [7, 11) is 0. The second-order valence-electron chi connectivity index (χ2n) is 1.90. The summed E-state index contributed by atoms with van der Waals surface area (Å²) < 4.78 is 23.4. The Hall–Kier alpha value is 0.400. The third-order valence-corrected chi connectivity index (χ3v) is 1.24. The molecule has 2 N–H and O–H groups in total. The summed E-state index contributed by atoms with van der Waals surface area (Å²) >= 11 is 0. The van der Waals surface area contributed by atoms with Crippen molar-refractivity contribution >= 4 is 24.8 Å². The topological polar surface area (TPSA) is 26.0 Å². The molecule has 0 bridgehead atoms. The van der Waals surface area contributed by atoms with Gasteiger partial charge in [0.15, 0.2) is 0 Å². The van der Waals surface area contributed by atoms with Crippen LogP contribution >= 0.6 is 24.8 Å². The predicted octanol–water partition coefficient (Wildman–Crippen LogP) is 1.44. The lowest BCUT2D eigenvalue weighted by molar-refractivity contribution is 0.101. The van der Waals surface area contributed by atoms with Gasteiger partial charge in [-0.15, -0.1) is 24.8 Å². The van der Waals surface area contributed by atoms with Crippen LogP contribution in [0.2, 0.25) is 0 Å². The van der Waals surface area contributed by atoms with Gasteiger partial charge in [-0.05, 0) is 0 Å². The zero-order valence-corrected chi connectivity index (χ0v) is 6.27. The van der Waals surface area contributed by atoms with Crippen LogP contribution in [0.1, 0.15) is 6.42 Å². The largest absolute Gasteiger partial charge is 0.330 e. The van der Waals surface area contributed by atoms with E-state index in [2.05, 4.69) is 0 Å². The number of hydrogen-bond donors (Lipinski definition) is 1. The molecule has 1 fully saturated rings. The van der Waals surface area contributed by atoms with Crippen LogP contribution < -0.4 is 5.73 Å². The van der Waals surface area contributed by atoms with Gasteiger partial charge in [0.2, 0.25) is 0 Å². The Labute approximate surface area is 64.8 Å². The summed E-state index contributed by atoms with van der Waals surface area (Å²) in [6, 6.07) is 0. The first-order chi connectivity index (χ1) is 3.17. The minimum absolute atomic E-state index is 0. The van der Waals surface area contributed by atoms with Crippen LogP contribution in [0.3, 0.4) is 0 Å². The van der Waals surface area contributed by atoms with Crippen molar-refractivity contribution < 1.29 is 8.78 Å². The molecule has 0 aliphatic heterocycles. The Morgan fingerprint density at radius 1 is 1.44 bits per heavy atom. The van der Waals surface area contributed by atoms with Gasteiger partial charge in [-0.1, -0.05) is 0 Å². The van der Waals surface area contributed by atoms with Crippen LogP contribution in [0.15, 0.2) is 0 Å². The van der Waals surface area contributed by atoms with Gasteiger partial charge in [0, 0.05) is 18.9 Å². The molecule has 1 rings (SSSR count). The number of nitrogens with two attached hydrogens (primary N) is 1. The van der Waals surface area contributed by atoms with Crippen molar-refractivity contribution in [2.45, 2.75) is 12.3 Å². The van der Waals surface area contributed by atoms with Crippen molar-refractivity contribution in [3.05, 3.63) is 0 Å². The highest BCUT2D eigenvalue weighted by Crippen LogP contribution is 2.47. The predicted molar refractivity (Wildman–Crippen MR) is 36.6 cm³/mol. The summed E-state index contributed by atoms with van der Waals surface area (Å²) in [5.74, 6) is -2.91. The molecule has 1 atom stereocenters. The summed E-state index contributed by atoms with van der Waals surface area (Å²) in [5.41, 5.74) is 4.93. The molecule has 0 saturated heterocycles. The van der Waals surface area contributed by atoms with E-state index in [9.17, 15) is 8.78 Å². The average Bonchev–Trinajstić information content (AvgIpc) is 2.13. The SMILES string of the molecule is Cl.Cl.NCC1CC1(F)F. The van der Waals surface area contributed by atoms with E-state index >= 15 is 0 Å². The maximum absolute atomic E-state index is 11.7. The fourth-order valence-corrected chi connectivity index (χ4v) is 0.525. The maximum Gasteiger partial charge on any atom is 0.252 e. The van der Waals surface area contributed by atoms with Crippen LogP contribution in [-0.4, -0.2) is 12.5 Å². The van der Waals surface area contributed by atoms with Crippen LogP contribution in [0.4, 0.5) is 8.78 Å². The van der Waals surface area contributed by atoms with Gasteiger partial charge in [-0.3, -0.25) is 0 Å². The molecular weight excluding hydrogens is 171 g/mol. The molecule has 0 aromatic heterocycles. The van der Waals surface area contributed by atoms with E-state index in [1.165, 1.54) is 0 Å². The van der Waals surface area contributed by atoms with Gasteiger partial charge in [0.05, 0.1) is 0 Å². The highest BCUT2D eigenvalue weighted by atomic mass is 35.5.